The van der Waals surface area contributed by atoms with Gasteiger partial charge in [0.05, 0.1) is 6.04 Å². The van der Waals surface area contributed by atoms with Crippen LogP contribution >= 0.6 is 0 Å². The fraction of sp³-hybridized carbons (Fsp3) is 0.583. The standard InChI is InChI=1S/C12H21N2.2HI/c1-4-11(5-2)13-10-12-8-6-7-9-14(12)3;;/h6-9,11,13H,4-5,10H2,1-3H3;2*1H/q+1;;/p-1. The number of hydrogen-bond donors (Lipinski definition) is 1. The molecular formula is C12H22I2N2. The Hall–Kier alpha value is 0.570. The predicted molar refractivity (Wildman–Crippen MR) is 57.6 cm³/mol. The van der Waals surface area contributed by atoms with Gasteiger partial charge in [-0.3, -0.25) is 0 Å². The Bertz CT molecular complexity index is 275. The third-order valence-electron chi connectivity index (χ3n) is 2.87. The maximum atomic E-state index is 2.44. The SMILES string of the molecule is CCC(CC)[NH2+]Cc1cccc[n+]1C.[I-].[I-]. The van der Waals surface area contributed by atoms with Gasteiger partial charge in [0.2, 0.25) is 5.69 Å². The molecule has 0 saturated carbocycles. The summed E-state index contributed by atoms with van der Waals surface area (Å²) in [6.07, 6.45) is 4.62. The molecule has 1 aromatic heterocycles. The Kier molecular flexibility index (Phi) is 12.7. The lowest BCUT2D eigenvalue weighted by Gasteiger charge is -2.09. The van der Waals surface area contributed by atoms with Gasteiger partial charge in [-0.2, -0.15) is 0 Å². The number of pyridine rings is 1. The molecule has 2 N–H and O–H groups in total. The quantitative estimate of drug-likeness (QED) is 0.344. The third-order valence-corrected chi connectivity index (χ3v) is 2.87. The number of halogens is 2. The summed E-state index contributed by atoms with van der Waals surface area (Å²) in [5, 5.41) is 2.44. The van der Waals surface area contributed by atoms with Gasteiger partial charge >= 0.3 is 0 Å². The van der Waals surface area contributed by atoms with Gasteiger partial charge in [-0.25, -0.2) is 4.57 Å². The fourth-order valence-electron chi connectivity index (χ4n) is 1.68. The van der Waals surface area contributed by atoms with Crippen LogP contribution in [-0.2, 0) is 13.6 Å². The molecule has 94 valence electrons. The van der Waals surface area contributed by atoms with E-state index in [9.17, 15) is 0 Å². The Balaban J connectivity index is 0. The molecule has 1 heterocycles. The second-order valence-corrected chi connectivity index (χ2v) is 3.82. The highest BCUT2D eigenvalue weighted by molar-refractivity contribution is 4.95. The summed E-state index contributed by atoms with van der Waals surface area (Å²) in [4.78, 5) is 0. The van der Waals surface area contributed by atoms with Gasteiger partial charge in [0.15, 0.2) is 12.7 Å². The summed E-state index contributed by atoms with van der Waals surface area (Å²) >= 11 is 0. The molecule has 0 amide bonds. The first-order valence-electron chi connectivity index (χ1n) is 5.54. The molecule has 0 bridgehead atoms. The normalized spacial score (nSPS) is 9.50. The van der Waals surface area contributed by atoms with E-state index in [1.54, 1.807) is 0 Å². The summed E-state index contributed by atoms with van der Waals surface area (Å²) in [5.74, 6) is 0. The van der Waals surface area contributed by atoms with Gasteiger partial charge in [0, 0.05) is 12.1 Å². The molecule has 0 radical (unpaired) electrons. The van der Waals surface area contributed by atoms with Crippen LogP contribution in [0.5, 0.6) is 0 Å². The fourth-order valence-corrected chi connectivity index (χ4v) is 1.68. The monoisotopic (exact) mass is 448 g/mol. The van der Waals surface area contributed by atoms with E-state index in [0.717, 1.165) is 12.6 Å². The largest absolute Gasteiger partial charge is 1.00 e. The van der Waals surface area contributed by atoms with Crippen LogP contribution in [0.25, 0.3) is 0 Å². The molecule has 0 aliphatic heterocycles. The molecule has 4 heteroatoms. The Morgan fingerprint density at radius 1 is 1.19 bits per heavy atom. The maximum Gasteiger partial charge on any atom is 0.236 e. The van der Waals surface area contributed by atoms with E-state index in [-0.39, 0.29) is 48.0 Å². The summed E-state index contributed by atoms with van der Waals surface area (Å²) in [6, 6.07) is 7.14. The van der Waals surface area contributed by atoms with E-state index >= 15 is 0 Å². The minimum Gasteiger partial charge on any atom is -1.00 e. The van der Waals surface area contributed by atoms with Gasteiger partial charge in [0.25, 0.3) is 0 Å². The van der Waals surface area contributed by atoms with Crippen molar-refractivity contribution in [2.24, 2.45) is 7.05 Å². The zero-order valence-electron chi connectivity index (χ0n) is 10.3. The predicted octanol–water partition coefficient (Wildman–Crippen LogP) is -5.23. The van der Waals surface area contributed by atoms with Crippen molar-refractivity contribution in [3.8, 4) is 0 Å². The molecule has 0 aliphatic carbocycles. The Labute approximate surface area is 133 Å². The summed E-state index contributed by atoms with van der Waals surface area (Å²) in [6.45, 7) is 5.61. The molecule has 0 aromatic carbocycles. The van der Waals surface area contributed by atoms with Crippen LogP contribution in [-0.4, -0.2) is 6.04 Å². The average molecular weight is 448 g/mol. The van der Waals surface area contributed by atoms with Crippen LogP contribution in [0.4, 0.5) is 0 Å². The van der Waals surface area contributed by atoms with Crippen molar-refractivity contribution >= 4 is 0 Å². The lowest BCUT2D eigenvalue weighted by atomic mass is 10.1. The molecule has 0 atom stereocenters. The number of rotatable bonds is 5. The molecule has 16 heavy (non-hydrogen) atoms. The number of quaternary nitrogens is 1. The molecule has 0 aliphatic rings. The molecule has 2 nitrogen and oxygen atoms in total. The number of hydrogen-bond acceptors (Lipinski definition) is 0. The van der Waals surface area contributed by atoms with Crippen molar-refractivity contribution in [1.82, 2.24) is 0 Å². The van der Waals surface area contributed by atoms with Crippen LogP contribution in [0.1, 0.15) is 32.4 Å². The number of aryl methyl sites for hydroxylation is 1. The third kappa shape index (κ3) is 6.34. The molecule has 1 aromatic rings. The molecular weight excluding hydrogens is 426 g/mol. The highest BCUT2D eigenvalue weighted by atomic mass is 127. The van der Waals surface area contributed by atoms with Gasteiger partial charge in [0.1, 0.15) is 7.05 Å². The lowest BCUT2D eigenvalue weighted by molar-refractivity contribution is -0.746. The molecule has 0 fully saturated rings. The van der Waals surface area contributed by atoms with Crippen molar-refractivity contribution in [3.63, 3.8) is 0 Å². The zero-order chi connectivity index (χ0) is 10.4. The zero-order valence-corrected chi connectivity index (χ0v) is 14.6. The Morgan fingerprint density at radius 3 is 2.31 bits per heavy atom. The minimum absolute atomic E-state index is 0. The van der Waals surface area contributed by atoms with Crippen LogP contribution in [0.2, 0.25) is 0 Å². The maximum absolute atomic E-state index is 2.44. The first-order chi connectivity index (χ1) is 6.77. The van der Waals surface area contributed by atoms with Gasteiger partial charge in [-0.15, -0.1) is 0 Å². The number of nitrogens with two attached hydrogens (primary N) is 1. The van der Waals surface area contributed by atoms with Crippen LogP contribution in [0.3, 0.4) is 0 Å². The van der Waals surface area contributed by atoms with Crippen molar-refractivity contribution in [1.29, 1.82) is 0 Å². The molecule has 0 spiro atoms. The lowest BCUT2D eigenvalue weighted by Crippen LogP contribution is -3.00. The second-order valence-electron chi connectivity index (χ2n) is 3.82. The van der Waals surface area contributed by atoms with Gasteiger partial charge in [-0.1, -0.05) is 13.8 Å². The Morgan fingerprint density at radius 2 is 1.81 bits per heavy atom. The summed E-state index contributed by atoms with van der Waals surface area (Å²) in [5.41, 5.74) is 1.39. The van der Waals surface area contributed by atoms with Crippen molar-refractivity contribution in [2.75, 3.05) is 0 Å². The van der Waals surface area contributed by atoms with Crippen LogP contribution in [0.15, 0.2) is 24.4 Å². The smallest absolute Gasteiger partial charge is 0.236 e. The first kappa shape index (κ1) is 18.9. The van der Waals surface area contributed by atoms with Crippen LogP contribution in [0, 0.1) is 0 Å². The minimum atomic E-state index is 0. The first-order valence-corrected chi connectivity index (χ1v) is 5.54. The molecule has 0 saturated heterocycles. The topological polar surface area (TPSA) is 20.5 Å². The van der Waals surface area contributed by atoms with Gasteiger partial charge in [-0.05, 0) is 18.9 Å². The highest BCUT2D eigenvalue weighted by Gasteiger charge is 2.10. The number of aromatic nitrogens is 1. The van der Waals surface area contributed by atoms with E-state index < -0.39 is 0 Å². The molecule has 1 rings (SSSR count). The van der Waals surface area contributed by atoms with E-state index in [4.69, 9.17) is 0 Å². The van der Waals surface area contributed by atoms with Crippen molar-refractivity contribution < 1.29 is 57.8 Å². The second kappa shape index (κ2) is 10.7. The van der Waals surface area contributed by atoms with Crippen LogP contribution < -0.4 is 57.8 Å². The summed E-state index contributed by atoms with van der Waals surface area (Å²) in [7, 11) is 2.11. The number of nitrogens with zero attached hydrogens (tertiary/aromatic N) is 1. The highest BCUT2D eigenvalue weighted by Crippen LogP contribution is 1.91. The van der Waals surface area contributed by atoms with Gasteiger partial charge < -0.3 is 53.3 Å². The summed E-state index contributed by atoms with van der Waals surface area (Å²) < 4.78 is 2.19. The van der Waals surface area contributed by atoms with E-state index in [1.807, 2.05) is 0 Å². The van der Waals surface area contributed by atoms with E-state index in [2.05, 4.69) is 55.2 Å². The van der Waals surface area contributed by atoms with Crippen molar-refractivity contribution in [2.45, 2.75) is 39.3 Å². The van der Waals surface area contributed by atoms with Crippen molar-refractivity contribution in [3.05, 3.63) is 30.1 Å². The van der Waals surface area contributed by atoms with E-state index in [1.165, 1.54) is 18.5 Å². The van der Waals surface area contributed by atoms with E-state index in [0.29, 0.717) is 0 Å². The average Bonchev–Trinajstić information content (AvgIpc) is 2.22. The molecule has 0 unspecified atom stereocenters.